The van der Waals surface area contributed by atoms with Gasteiger partial charge in [0.1, 0.15) is 0 Å². The lowest BCUT2D eigenvalue weighted by molar-refractivity contribution is -0.130. The highest BCUT2D eigenvalue weighted by Crippen LogP contribution is 2.20. The van der Waals surface area contributed by atoms with E-state index >= 15 is 0 Å². The molecule has 92 valence electrons. The Labute approximate surface area is 107 Å². The van der Waals surface area contributed by atoms with Crippen LogP contribution in [-0.2, 0) is 4.79 Å². The molecule has 1 heterocycles. The Kier molecular flexibility index (Phi) is 4.49. The SMILES string of the molecule is C[C@H]1CCCN(C(=O)CSc2ccccc2)C1. The maximum atomic E-state index is 12.0. The minimum Gasteiger partial charge on any atom is -0.342 e. The molecule has 3 heteroatoms. The molecule has 0 radical (unpaired) electrons. The fourth-order valence-electron chi connectivity index (χ4n) is 2.17. The van der Waals surface area contributed by atoms with Crippen LogP contribution in [0, 0.1) is 5.92 Å². The molecule has 0 spiro atoms. The molecule has 0 aromatic heterocycles. The van der Waals surface area contributed by atoms with Gasteiger partial charge in [-0.15, -0.1) is 11.8 Å². The number of nitrogens with zero attached hydrogens (tertiary/aromatic N) is 1. The van der Waals surface area contributed by atoms with E-state index in [1.165, 1.54) is 11.3 Å². The average Bonchev–Trinajstić information content (AvgIpc) is 2.37. The Morgan fingerprint density at radius 2 is 2.18 bits per heavy atom. The molecular weight excluding hydrogens is 230 g/mol. The number of carbonyl (C=O) groups is 1. The summed E-state index contributed by atoms with van der Waals surface area (Å²) in [7, 11) is 0. The number of thioether (sulfide) groups is 1. The number of carbonyl (C=O) groups excluding carboxylic acids is 1. The van der Waals surface area contributed by atoms with Gasteiger partial charge in [0.25, 0.3) is 0 Å². The molecule has 1 saturated heterocycles. The first kappa shape index (κ1) is 12.5. The van der Waals surface area contributed by atoms with Crippen molar-refractivity contribution >= 4 is 17.7 Å². The Morgan fingerprint density at radius 1 is 1.41 bits per heavy atom. The summed E-state index contributed by atoms with van der Waals surface area (Å²) >= 11 is 1.63. The van der Waals surface area contributed by atoms with Crippen molar-refractivity contribution in [3.8, 4) is 0 Å². The first-order chi connectivity index (χ1) is 8.25. The van der Waals surface area contributed by atoms with Gasteiger partial charge in [-0.25, -0.2) is 0 Å². The van der Waals surface area contributed by atoms with Crippen LogP contribution in [0.15, 0.2) is 35.2 Å². The Balaban J connectivity index is 1.81. The molecule has 0 aliphatic carbocycles. The number of hydrogen-bond donors (Lipinski definition) is 0. The summed E-state index contributed by atoms with van der Waals surface area (Å²) in [6, 6.07) is 10.1. The van der Waals surface area contributed by atoms with E-state index in [-0.39, 0.29) is 5.91 Å². The fraction of sp³-hybridized carbons (Fsp3) is 0.500. The van der Waals surface area contributed by atoms with Crippen LogP contribution in [0.5, 0.6) is 0 Å². The molecule has 1 aromatic rings. The van der Waals surface area contributed by atoms with Crippen molar-refractivity contribution in [1.82, 2.24) is 4.90 Å². The number of benzene rings is 1. The molecule has 0 bridgehead atoms. The van der Waals surface area contributed by atoms with Gasteiger partial charge < -0.3 is 4.90 Å². The number of hydrogen-bond acceptors (Lipinski definition) is 2. The van der Waals surface area contributed by atoms with Gasteiger partial charge in [-0.1, -0.05) is 25.1 Å². The second kappa shape index (κ2) is 6.10. The van der Waals surface area contributed by atoms with E-state index in [2.05, 4.69) is 19.1 Å². The monoisotopic (exact) mass is 249 g/mol. The molecule has 0 saturated carbocycles. The predicted molar refractivity (Wildman–Crippen MR) is 72.1 cm³/mol. The number of amides is 1. The second-order valence-electron chi connectivity index (χ2n) is 4.69. The normalized spacial score (nSPS) is 20.3. The van der Waals surface area contributed by atoms with Crippen molar-refractivity contribution in [1.29, 1.82) is 0 Å². The van der Waals surface area contributed by atoms with Gasteiger partial charge in [-0.3, -0.25) is 4.79 Å². The molecular formula is C14H19NOS. The average molecular weight is 249 g/mol. The van der Waals surface area contributed by atoms with Crippen molar-refractivity contribution < 1.29 is 4.79 Å². The molecule has 1 amide bonds. The van der Waals surface area contributed by atoms with Gasteiger partial charge >= 0.3 is 0 Å². The Hall–Kier alpha value is -0.960. The highest BCUT2D eigenvalue weighted by Gasteiger charge is 2.20. The van der Waals surface area contributed by atoms with E-state index in [0.717, 1.165) is 19.5 Å². The Bertz CT molecular complexity index is 366. The van der Waals surface area contributed by atoms with E-state index in [9.17, 15) is 4.79 Å². The van der Waals surface area contributed by atoms with Gasteiger partial charge in [0.05, 0.1) is 5.75 Å². The fourth-order valence-corrected chi connectivity index (χ4v) is 2.99. The molecule has 1 atom stereocenters. The van der Waals surface area contributed by atoms with Crippen LogP contribution in [0.4, 0.5) is 0 Å². The first-order valence-electron chi connectivity index (χ1n) is 6.21. The topological polar surface area (TPSA) is 20.3 Å². The standard InChI is InChI=1S/C14H19NOS/c1-12-6-5-9-15(10-12)14(16)11-17-13-7-3-2-4-8-13/h2-4,7-8,12H,5-6,9-11H2,1H3/t12-/m0/s1. The van der Waals surface area contributed by atoms with E-state index in [4.69, 9.17) is 0 Å². The first-order valence-corrected chi connectivity index (χ1v) is 7.20. The molecule has 1 aromatic carbocycles. The lowest BCUT2D eigenvalue weighted by Gasteiger charge is -2.30. The minimum absolute atomic E-state index is 0.283. The van der Waals surface area contributed by atoms with Gasteiger partial charge in [0, 0.05) is 18.0 Å². The van der Waals surface area contributed by atoms with Crippen LogP contribution in [0.25, 0.3) is 0 Å². The van der Waals surface area contributed by atoms with E-state index < -0.39 is 0 Å². The predicted octanol–water partition coefficient (Wildman–Crippen LogP) is 3.04. The highest BCUT2D eigenvalue weighted by atomic mass is 32.2. The summed E-state index contributed by atoms with van der Waals surface area (Å²) in [5.74, 6) is 1.51. The maximum Gasteiger partial charge on any atom is 0.232 e. The van der Waals surface area contributed by atoms with Crippen LogP contribution in [-0.4, -0.2) is 29.6 Å². The molecule has 2 nitrogen and oxygen atoms in total. The number of rotatable bonds is 3. The number of likely N-dealkylation sites (tertiary alicyclic amines) is 1. The van der Waals surface area contributed by atoms with E-state index in [0.29, 0.717) is 11.7 Å². The van der Waals surface area contributed by atoms with Crippen molar-refractivity contribution in [2.45, 2.75) is 24.7 Å². The van der Waals surface area contributed by atoms with Crippen LogP contribution in [0.2, 0.25) is 0 Å². The summed E-state index contributed by atoms with van der Waals surface area (Å²) in [4.78, 5) is 15.2. The largest absolute Gasteiger partial charge is 0.342 e. The maximum absolute atomic E-state index is 12.0. The van der Waals surface area contributed by atoms with Crippen LogP contribution in [0.1, 0.15) is 19.8 Å². The highest BCUT2D eigenvalue weighted by molar-refractivity contribution is 8.00. The summed E-state index contributed by atoms with van der Waals surface area (Å²) in [6.07, 6.45) is 2.42. The lowest BCUT2D eigenvalue weighted by Crippen LogP contribution is -2.40. The minimum atomic E-state index is 0.283. The zero-order chi connectivity index (χ0) is 12.1. The molecule has 2 rings (SSSR count). The van der Waals surface area contributed by atoms with Gasteiger partial charge in [0.2, 0.25) is 5.91 Å². The smallest absolute Gasteiger partial charge is 0.232 e. The van der Waals surface area contributed by atoms with Crippen LogP contribution >= 0.6 is 11.8 Å². The number of piperidine rings is 1. The Morgan fingerprint density at radius 3 is 2.88 bits per heavy atom. The van der Waals surface area contributed by atoms with Crippen LogP contribution < -0.4 is 0 Å². The third-order valence-corrected chi connectivity index (χ3v) is 4.11. The molecule has 17 heavy (non-hydrogen) atoms. The van der Waals surface area contributed by atoms with Crippen LogP contribution in [0.3, 0.4) is 0 Å². The summed E-state index contributed by atoms with van der Waals surface area (Å²) < 4.78 is 0. The summed E-state index contributed by atoms with van der Waals surface area (Å²) in [5, 5.41) is 0. The zero-order valence-electron chi connectivity index (χ0n) is 10.3. The molecule has 1 aliphatic rings. The van der Waals surface area contributed by atoms with Gasteiger partial charge in [-0.05, 0) is 30.9 Å². The molecule has 1 aliphatic heterocycles. The summed E-state index contributed by atoms with van der Waals surface area (Å²) in [5.41, 5.74) is 0. The van der Waals surface area contributed by atoms with Crippen molar-refractivity contribution in [3.63, 3.8) is 0 Å². The van der Waals surface area contributed by atoms with Crippen molar-refractivity contribution in [2.75, 3.05) is 18.8 Å². The quantitative estimate of drug-likeness (QED) is 0.767. The molecule has 0 unspecified atom stereocenters. The lowest BCUT2D eigenvalue weighted by atomic mass is 10.0. The third kappa shape index (κ3) is 3.77. The second-order valence-corrected chi connectivity index (χ2v) is 5.74. The van der Waals surface area contributed by atoms with E-state index in [1.807, 2.05) is 23.1 Å². The van der Waals surface area contributed by atoms with E-state index in [1.54, 1.807) is 11.8 Å². The zero-order valence-corrected chi connectivity index (χ0v) is 11.1. The van der Waals surface area contributed by atoms with Gasteiger partial charge in [-0.2, -0.15) is 0 Å². The summed E-state index contributed by atoms with van der Waals surface area (Å²) in [6.45, 7) is 4.11. The van der Waals surface area contributed by atoms with Crippen molar-refractivity contribution in [3.05, 3.63) is 30.3 Å². The molecule has 0 N–H and O–H groups in total. The van der Waals surface area contributed by atoms with Gasteiger partial charge in [0.15, 0.2) is 0 Å². The third-order valence-electron chi connectivity index (χ3n) is 3.12. The van der Waals surface area contributed by atoms with Crippen molar-refractivity contribution in [2.24, 2.45) is 5.92 Å². The molecule has 1 fully saturated rings.